The molecule has 1 aromatic carbocycles. The summed E-state index contributed by atoms with van der Waals surface area (Å²) in [5, 5.41) is 0.443. The first kappa shape index (κ1) is 14.6. The Morgan fingerprint density at radius 2 is 2.15 bits per heavy atom. The van der Waals surface area contributed by atoms with Crippen molar-refractivity contribution in [3.05, 3.63) is 59.3 Å². The van der Waals surface area contributed by atoms with Crippen molar-refractivity contribution < 1.29 is 13.5 Å². The van der Waals surface area contributed by atoms with Crippen molar-refractivity contribution in [2.75, 3.05) is 13.7 Å². The number of allylic oxidation sites excluding steroid dienone is 3. The molecule has 0 spiro atoms. The maximum atomic E-state index is 12.7. The lowest BCUT2D eigenvalue weighted by Crippen LogP contribution is -2.27. The van der Waals surface area contributed by atoms with E-state index >= 15 is 0 Å². The molecule has 1 aliphatic heterocycles. The molecule has 0 saturated heterocycles. The molecule has 2 rings (SSSR count). The molecule has 1 aliphatic rings. The zero-order chi connectivity index (χ0) is 14.7. The molecule has 2 nitrogen and oxygen atoms in total. The van der Waals surface area contributed by atoms with Crippen LogP contribution in [0.3, 0.4) is 0 Å². The molecule has 0 fully saturated rings. The third kappa shape index (κ3) is 3.02. The van der Waals surface area contributed by atoms with Crippen LogP contribution in [0.4, 0.5) is 8.78 Å². The van der Waals surface area contributed by atoms with E-state index in [1.165, 1.54) is 4.90 Å². The smallest absolute Gasteiger partial charge is 0.256 e. The third-order valence-electron chi connectivity index (χ3n) is 2.95. The molecular formula is C15H14ClF2NO. The topological polar surface area (TPSA) is 12.5 Å². The van der Waals surface area contributed by atoms with Crippen LogP contribution in [-0.4, -0.2) is 25.0 Å². The van der Waals surface area contributed by atoms with Gasteiger partial charge in [0.15, 0.2) is 0 Å². The summed E-state index contributed by atoms with van der Waals surface area (Å²) in [5.41, 5.74) is 1.78. The van der Waals surface area contributed by atoms with E-state index in [0.29, 0.717) is 27.7 Å². The van der Waals surface area contributed by atoms with Gasteiger partial charge in [-0.05, 0) is 30.4 Å². The van der Waals surface area contributed by atoms with Gasteiger partial charge in [-0.25, -0.2) is 8.78 Å². The normalized spacial score (nSPS) is 14.8. The fourth-order valence-electron chi connectivity index (χ4n) is 2.00. The van der Waals surface area contributed by atoms with Gasteiger partial charge in [-0.2, -0.15) is 0 Å². The second-order valence-corrected chi connectivity index (χ2v) is 4.66. The molecule has 0 bridgehead atoms. The molecule has 0 N–H and O–H groups in total. The van der Waals surface area contributed by atoms with Crippen LogP contribution < -0.4 is 4.74 Å². The molecule has 0 aliphatic carbocycles. The Kier molecular flexibility index (Phi) is 4.45. The summed E-state index contributed by atoms with van der Waals surface area (Å²) in [7, 11) is 1.54. The highest BCUT2D eigenvalue weighted by Gasteiger charge is 2.21. The fraction of sp³-hybridized carbons (Fsp3) is 0.200. The van der Waals surface area contributed by atoms with Gasteiger partial charge in [0.2, 0.25) is 0 Å². The van der Waals surface area contributed by atoms with Gasteiger partial charge in [-0.15, -0.1) is 0 Å². The zero-order valence-corrected chi connectivity index (χ0v) is 11.7. The molecule has 1 heterocycles. The van der Waals surface area contributed by atoms with Gasteiger partial charge in [-0.3, -0.25) is 0 Å². The van der Waals surface area contributed by atoms with E-state index in [4.69, 9.17) is 16.3 Å². The Morgan fingerprint density at radius 1 is 1.40 bits per heavy atom. The molecule has 20 heavy (non-hydrogen) atoms. The third-order valence-corrected chi connectivity index (χ3v) is 3.27. The van der Waals surface area contributed by atoms with Crippen LogP contribution in [0.5, 0.6) is 5.75 Å². The number of methoxy groups -OCH3 is 1. The lowest BCUT2D eigenvalue weighted by Gasteiger charge is -2.30. The van der Waals surface area contributed by atoms with Crippen LogP contribution in [-0.2, 0) is 0 Å². The first-order valence-corrected chi connectivity index (χ1v) is 6.37. The van der Waals surface area contributed by atoms with Crippen molar-refractivity contribution in [3.8, 4) is 5.75 Å². The number of alkyl halides is 2. The number of nitrogens with zero attached hydrogens (tertiary/aromatic N) is 1. The number of ether oxygens (including phenoxy) is 1. The van der Waals surface area contributed by atoms with Gasteiger partial charge in [-0.1, -0.05) is 24.3 Å². The Hall–Kier alpha value is -1.81. The predicted molar refractivity (Wildman–Crippen MR) is 77.0 cm³/mol. The van der Waals surface area contributed by atoms with Crippen LogP contribution in [0.2, 0.25) is 5.02 Å². The van der Waals surface area contributed by atoms with Gasteiger partial charge in [0, 0.05) is 11.3 Å². The summed E-state index contributed by atoms with van der Waals surface area (Å²) in [6, 6.07) is 5.14. The average molecular weight is 298 g/mol. The second kappa shape index (κ2) is 6.09. The summed E-state index contributed by atoms with van der Waals surface area (Å²) in [5.74, 6) is 0.616. The highest BCUT2D eigenvalue weighted by molar-refractivity contribution is 6.32. The molecular weight excluding hydrogens is 284 g/mol. The van der Waals surface area contributed by atoms with E-state index in [9.17, 15) is 8.78 Å². The Balaban J connectivity index is 2.40. The Labute approximate surface area is 121 Å². The van der Waals surface area contributed by atoms with Gasteiger partial charge >= 0.3 is 0 Å². The molecule has 0 amide bonds. The standard InChI is InChI=1S/C15H14ClF2NO/c1-10-4-3-5-14(19(10)9-15(17)18)12-7-6-11(20-2)8-13(12)16/h3-8,15H,1,9H2,2H3. The molecule has 0 aromatic heterocycles. The number of benzene rings is 1. The van der Waals surface area contributed by atoms with E-state index in [2.05, 4.69) is 6.58 Å². The summed E-state index contributed by atoms with van der Waals surface area (Å²) in [4.78, 5) is 1.46. The number of halogens is 3. The van der Waals surface area contributed by atoms with E-state index < -0.39 is 13.0 Å². The monoisotopic (exact) mass is 297 g/mol. The number of rotatable bonds is 4. The Morgan fingerprint density at radius 3 is 2.75 bits per heavy atom. The fourth-order valence-corrected chi connectivity index (χ4v) is 2.27. The van der Waals surface area contributed by atoms with Crippen molar-refractivity contribution in [1.82, 2.24) is 4.90 Å². The minimum atomic E-state index is -2.46. The first-order valence-electron chi connectivity index (χ1n) is 6.00. The summed E-state index contributed by atoms with van der Waals surface area (Å²) in [6.07, 6.45) is 2.73. The average Bonchev–Trinajstić information content (AvgIpc) is 2.41. The van der Waals surface area contributed by atoms with Gasteiger partial charge in [0.05, 0.1) is 24.4 Å². The van der Waals surface area contributed by atoms with Crippen LogP contribution in [0.25, 0.3) is 5.70 Å². The second-order valence-electron chi connectivity index (χ2n) is 4.25. The van der Waals surface area contributed by atoms with Crippen LogP contribution >= 0.6 is 11.6 Å². The van der Waals surface area contributed by atoms with Gasteiger partial charge in [0.1, 0.15) is 5.75 Å². The van der Waals surface area contributed by atoms with E-state index in [-0.39, 0.29) is 0 Å². The van der Waals surface area contributed by atoms with E-state index in [1.54, 1.807) is 43.5 Å². The van der Waals surface area contributed by atoms with Crippen molar-refractivity contribution in [2.45, 2.75) is 6.43 Å². The maximum absolute atomic E-state index is 12.7. The largest absolute Gasteiger partial charge is 0.497 e. The first-order chi connectivity index (χ1) is 9.52. The molecule has 0 atom stereocenters. The van der Waals surface area contributed by atoms with Crippen LogP contribution in [0.1, 0.15) is 5.56 Å². The van der Waals surface area contributed by atoms with Gasteiger partial charge in [0.25, 0.3) is 6.43 Å². The lowest BCUT2D eigenvalue weighted by molar-refractivity contribution is 0.123. The summed E-state index contributed by atoms with van der Waals surface area (Å²) < 4.78 is 30.5. The van der Waals surface area contributed by atoms with Crippen molar-refractivity contribution in [3.63, 3.8) is 0 Å². The highest BCUT2D eigenvalue weighted by atomic mass is 35.5. The minimum absolute atomic E-state index is 0.419. The maximum Gasteiger partial charge on any atom is 0.256 e. The molecule has 0 unspecified atom stereocenters. The molecule has 5 heteroatoms. The van der Waals surface area contributed by atoms with Crippen molar-refractivity contribution in [1.29, 1.82) is 0 Å². The molecule has 1 aromatic rings. The molecule has 106 valence electrons. The zero-order valence-electron chi connectivity index (χ0n) is 10.9. The SMILES string of the molecule is C=C1C=CC=C(c2ccc(OC)cc2Cl)N1CC(F)F. The lowest BCUT2D eigenvalue weighted by atomic mass is 10.1. The number of hydrogen-bond donors (Lipinski definition) is 0. The van der Waals surface area contributed by atoms with Gasteiger partial charge < -0.3 is 9.64 Å². The molecule has 0 saturated carbocycles. The van der Waals surface area contributed by atoms with Crippen molar-refractivity contribution >= 4 is 17.3 Å². The van der Waals surface area contributed by atoms with Crippen molar-refractivity contribution in [2.24, 2.45) is 0 Å². The molecule has 0 radical (unpaired) electrons. The Bertz CT molecular complexity index is 581. The predicted octanol–water partition coefficient (Wildman–Crippen LogP) is 4.34. The number of hydrogen-bond acceptors (Lipinski definition) is 2. The van der Waals surface area contributed by atoms with E-state index in [1.807, 2.05) is 0 Å². The summed E-state index contributed by atoms with van der Waals surface area (Å²) in [6.45, 7) is 3.37. The van der Waals surface area contributed by atoms with E-state index in [0.717, 1.165) is 0 Å². The quantitative estimate of drug-likeness (QED) is 0.819. The highest BCUT2D eigenvalue weighted by Crippen LogP contribution is 2.33. The summed E-state index contributed by atoms with van der Waals surface area (Å²) >= 11 is 6.20. The van der Waals surface area contributed by atoms with Crippen LogP contribution in [0, 0.1) is 0 Å². The minimum Gasteiger partial charge on any atom is -0.497 e. The van der Waals surface area contributed by atoms with Crippen LogP contribution in [0.15, 0.2) is 48.7 Å².